The average molecular weight is 236 g/mol. The van der Waals surface area contributed by atoms with E-state index < -0.39 is 0 Å². The lowest BCUT2D eigenvalue weighted by molar-refractivity contribution is 0.358. The molecule has 1 unspecified atom stereocenters. The van der Waals surface area contributed by atoms with Crippen molar-refractivity contribution in [3.8, 4) is 5.75 Å². The Bertz CT molecular complexity index is 326. The van der Waals surface area contributed by atoms with Crippen LogP contribution in [0.3, 0.4) is 0 Å². The van der Waals surface area contributed by atoms with Gasteiger partial charge in [-0.05, 0) is 57.7 Å². The number of rotatable bonds is 7. The van der Waals surface area contributed by atoms with E-state index in [9.17, 15) is 5.11 Å². The van der Waals surface area contributed by atoms with Crippen LogP contribution in [0.15, 0.2) is 24.3 Å². The Balaban J connectivity index is 2.53. The Labute approximate surface area is 104 Å². The minimum atomic E-state index is 0.352. The Morgan fingerprint density at radius 3 is 2.71 bits per heavy atom. The van der Waals surface area contributed by atoms with Gasteiger partial charge >= 0.3 is 0 Å². The van der Waals surface area contributed by atoms with Gasteiger partial charge in [-0.3, -0.25) is 0 Å². The largest absolute Gasteiger partial charge is 0.508 e. The number of nitrogens with one attached hydrogen (secondary N) is 1. The van der Waals surface area contributed by atoms with Crippen molar-refractivity contribution in [2.75, 3.05) is 27.2 Å². The first-order valence-electron chi connectivity index (χ1n) is 6.28. The van der Waals surface area contributed by atoms with E-state index in [1.54, 1.807) is 6.07 Å². The molecule has 3 nitrogen and oxygen atoms in total. The molecule has 1 rings (SSSR count). The first-order valence-corrected chi connectivity index (χ1v) is 6.28. The number of hydrogen-bond acceptors (Lipinski definition) is 3. The van der Waals surface area contributed by atoms with Gasteiger partial charge in [0.25, 0.3) is 0 Å². The number of likely N-dealkylation sites (N-methyl/N-ethyl adjacent to an activating group) is 1. The number of aromatic hydroxyl groups is 1. The molecule has 0 fully saturated rings. The zero-order chi connectivity index (χ0) is 12.7. The van der Waals surface area contributed by atoms with Crippen LogP contribution >= 0.6 is 0 Å². The highest BCUT2D eigenvalue weighted by molar-refractivity contribution is 5.27. The second-order valence-electron chi connectivity index (χ2n) is 4.72. The summed E-state index contributed by atoms with van der Waals surface area (Å²) in [7, 11) is 4.19. The van der Waals surface area contributed by atoms with Crippen molar-refractivity contribution in [1.29, 1.82) is 0 Å². The van der Waals surface area contributed by atoms with Gasteiger partial charge in [0.1, 0.15) is 5.75 Å². The SMILES string of the molecule is CCNC(CCN(C)C)Cc1cccc(O)c1. The summed E-state index contributed by atoms with van der Waals surface area (Å²) in [6.45, 7) is 4.19. The van der Waals surface area contributed by atoms with Gasteiger partial charge in [0.2, 0.25) is 0 Å². The van der Waals surface area contributed by atoms with E-state index in [4.69, 9.17) is 0 Å². The molecule has 0 aromatic heterocycles. The lowest BCUT2D eigenvalue weighted by atomic mass is 10.0. The summed E-state index contributed by atoms with van der Waals surface area (Å²) in [5.41, 5.74) is 1.19. The first kappa shape index (κ1) is 14.0. The molecule has 0 amide bonds. The Kier molecular flexibility index (Phi) is 6.01. The fourth-order valence-corrected chi connectivity index (χ4v) is 1.95. The van der Waals surface area contributed by atoms with Crippen LogP contribution in [0.4, 0.5) is 0 Å². The molecular formula is C14H24N2O. The van der Waals surface area contributed by atoms with Crippen LogP contribution in [-0.4, -0.2) is 43.2 Å². The average Bonchev–Trinajstić information content (AvgIpc) is 2.26. The van der Waals surface area contributed by atoms with Gasteiger partial charge in [-0.15, -0.1) is 0 Å². The van der Waals surface area contributed by atoms with Gasteiger partial charge in [0.15, 0.2) is 0 Å². The van der Waals surface area contributed by atoms with Crippen molar-refractivity contribution >= 4 is 0 Å². The molecule has 0 radical (unpaired) electrons. The van der Waals surface area contributed by atoms with Crippen LogP contribution in [-0.2, 0) is 6.42 Å². The Morgan fingerprint density at radius 2 is 2.12 bits per heavy atom. The van der Waals surface area contributed by atoms with Crippen molar-refractivity contribution in [3.05, 3.63) is 29.8 Å². The first-order chi connectivity index (χ1) is 8.11. The topological polar surface area (TPSA) is 35.5 Å². The molecule has 0 heterocycles. The van der Waals surface area contributed by atoms with E-state index in [0.29, 0.717) is 11.8 Å². The molecular weight excluding hydrogens is 212 g/mol. The number of nitrogens with zero attached hydrogens (tertiary/aromatic N) is 1. The van der Waals surface area contributed by atoms with Crippen LogP contribution in [0.1, 0.15) is 18.9 Å². The van der Waals surface area contributed by atoms with Crippen molar-refractivity contribution < 1.29 is 5.11 Å². The molecule has 17 heavy (non-hydrogen) atoms. The Morgan fingerprint density at radius 1 is 1.35 bits per heavy atom. The fourth-order valence-electron chi connectivity index (χ4n) is 1.95. The molecule has 96 valence electrons. The molecule has 0 aliphatic heterocycles. The van der Waals surface area contributed by atoms with Gasteiger partial charge in [0, 0.05) is 6.04 Å². The monoisotopic (exact) mass is 236 g/mol. The van der Waals surface area contributed by atoms with E-state index in [-0.39, 0.29) is 0 Å². The van der Waals surface area contributed by atoms with Crippen molar-refractivity contribution in [2.45, 2.75) is 25.8 Å². The third kappa shape index (κ3) is 5.71. The van der Waals surface area contributed by atoms with Gasteiger partial charge in [-0.25, -0.2) is 0 Å². The summed E-state index contributed by atoms with van der Waals surface area (Å²) in [6, 6.07) is 8.01. The van der Waals surface area contributed by atoms with E-state index >= 15 is 0 Å². The summed E-state index contributed by atoms with van der Waals surface area (Å²) in [5, 5.41) is 12.9. The quantitative estimate of drug-likeness (QED) is 0.758. The van der Waals surface area contributed by atoms with Gasteiger partial charge < -0.3 is 15.3 Å². The molecule has 3 heteroatoms. The number of phenolic OH excluding ortho intramolecular Hbond substituents is 1. The maximum atomic E-state index is 9.45. The second-order valence-corrected chi connectivity index (χ2v) is 4.72. The van der Waals surface area contributed by atoms with E-state index in [1.165, 1.54) is 5.56 Å². The highest BCUT2D eigenvalue weighted by atomic mass is 16.3. The second kappa shape index (κ2) is 7.30. The Hall–Kier alpha value is -1.06. The van der Waals surface area contributed by atoms with Gasteiger partial charge in [-0.1, -0.05) is 19.1 Å². The van der Waals surface area contributed by atoms with Crippen LogP contribution < -0.4 is 5.32 Å². The van der Waals surface area contributed by atoms with Crippen LogP contribution in [0.25, 0.3) is 0 Å². The fraction of sp³-hybridized carbons (Fsp3) is 0.571. The summed E-state index contributed by atoms with van der Waals surface area (Å²) < 4.78 is 0. The summed E-state index contributed by atoms with van der Waals surface area (Å²) in [4.78, 5) is 2.20. The maximum Gasteiger partial charge on any atom is 0.115 e. The third-order valence-corrected chi connectivity index (χ3v) is 2.81. The number of phenols is 1. The normalized spacial score (nSPS) is 12.9. The smallest absolute Gasteiger partial charge is 0.115 e. The molecule has 0 aliphatic rings. The third-order valence-electron chi connectivity index (χ3n) is 2.81. The molecule has 0 saturated carbocycles. The van der Waals surface area contributed by atoms with E-state index in [0.717, 1.165) is 25.9 Å². The van der Waals surface area contributed by atoms with Crippen molar-refractivity contribution in [1.82, 2.24) is 10.2 Å². The molecule has 2 N–H and O–H groups in total. The lowest BCUT2D eigenvalue weighted by Gasteiger charge is -2.20. The van der Waals surface area contributed by atoms with E-state index in [1.807, 2.05) is 12.1 Å². The molecule has 1 aromatic carbocycles. The predicted octanol–water partition coefficient (Wildman–Crippen LogP) is 1.86. The molecule has 0 saturated heterocycles. The molecule has 1 aromatic rings. The standard InChI is InChI=1S/C14H24N2O/c1-4-15-13(8-9-16(2)3)10-12-6-5-7-14(17)11-12/h5-7,11,13,15,17H,4,8-10H2,1-3H3. The van der Waals surface area contributed by atoms with Gasteiger partial charge in [0.05, 0.1) is 0 Å². The van der Waals surface area contributed by atoms with Gasteiger partial charge in [-0.2, -0.15) is 0 Å². The van der Waals surface area contributed by atoms with Crippen molar-refractivity contribution in [3.63, 3.8) is 0 Å². The predicted molar refractivity (Wildman–Crippen MR) is 72.4 cm³/mol. The highest BCUT2D eigenvalue weighted by Gasteiger charge is 2.09. The minimum absolute atomic E-state index is 0.352. The van der Waals surface area contributed by atoms with Crippen molar-refractivity contribution in [2.24, 2.45) is 0 Å². The molecule has 0 spiro atoms. The zero-order valence-corrected chi connectivity index (χ0v) is 11.1. The van der Waals surface area contributed by atoms with Crippen LogP contribution in [0.2, 0.25) is 0 Å². The lowest BCUT2D eigenvalue weighted by Crippen LogP contribution is -2.34. The summed E-state index contributed by atoms with van der Waals surface area (Å²) >= 11 is 0. The maximum absolute atomic E-state index is 9.45. The summed E-state index contributed by atoms with van der Waals surface area (Å²) in [6.07, 6.45) is 2.09. The summed E-state index contributed by atoms with van der Waals surface area (Å²) in [5.74, 6) is 0.352. The molecule has 0 bridgehead atoms. The molecule has 1 atom stereocenters. The van der Waals surface area contributed by atoms with Crippen LogP contribution in [0, 0.1) is 0 Å². The number of benzene rings is 1. The number of hydrogen-bond donors (Lipinski definition) is 2. The minimum Gasteiger partial charge on any atom is -0.508 e. The van der Waals surface area contributed by atoms with Crippen LogP contribution in [0.5, 0.6) is 5.75 Å². The van der Waals surface area contributed by atoms with E-state index in [2.05, 4.69) is 37.3 Å². The highest BCUT2D eigenvalue weighted by Crippen LogP contribution is 2.13. The zero-order valence-electron chi connectivity index (χ0n) is 11.1. The molecule has 0 aliphatic carbocycles.